The molecule has 0 atom stereocenters. The molecule has 0 aliphatic carbocycles. The fraction of sp³-hybridized carbons (Fsp3) is 0.0556. The summed E-state index contributed by atoms with van der Waals surface area (Å²) in [6, 6.07) is 13.8. The maximum absolute atomic E-state index is 12.3. The summed E-state index contributed by atoms with van der Waals surface area (Å²) in [5.41, 5.74) is 1.50. The first-order valence-corrected chi connectivity index (χ1v) is 7.91. The van der Waals surface area contributed by atoms with Gasteiger partial charge in [0.25, 0.3) is 11.6 Å². The van der Waals surface area contributed by atoms with Gasteiger partial charge in [0.05, 0.1) is 16.6 Å². The van der Waals surface area contributed by atoms with E-state index in [1.807, 2.05) is 0 Å². The molecule has 0 unspecified atom stereocenters. The maximum Gasteiger partial charge on any atom is 0.291 e. The molecule has 8 heteroatoms. The van der Waals surface area contributed by atoms with Crippen molar-refractivity contribution in [2.45, 2.75) is 6.61 Å². The molecule has 3 aromatic rings. The number of carbonyl (C=O) groups is 1. The Hall–Kier alpha value is -3.16. The summed E-state index contributed by atoms with van der Waals surface area (Å²) >= 11 is 6.07. The van der Waals surface area contributed by atoms with Crippen molar-refractivity contribution in [3.63, 3.8) is 0 Å². The topological polar surface area (TPSA) is 106 Å². The van der Waals surface area contributed by atoms with Gasteiger partial charge in [-0.25, -0.2) is 0 Å². The normalized spacial score (nSPS) is 10.5. The predicted molar refractivity (Wildman–Crippen MR) is 96.1 cm³/mol. The summed E-state index contributed by atoms with van der Waals surface area (Å²) in [6.45, 7) is -0.132. The van der Waals surface area contributed by atoms with Crippen LogP contribution >= 0.6 is 11.6 Å². The summed E-state index contributed by atoms with van der Waals surface area (Å²) in [6.07, 6.45) is 0. The van der Waals surface area contributed by atoms with E-state index in [0.29, 0.717) is 22.6 Å². The Morgan fingerprint density at radius 3 is 2.69 bits per heavy atom. The number of amides is 1. The second-order valence-corrected chi connectivity index (χ2v) is 5.80. The number of anilines is 1. The van der Waals surface area contributed by atoms with Gasteiger partial charge < -0.3 is 14.8 Å². The van der Waals surface area contributed by atoms with E-state index < -0.39 is 10.8 Å². The molecule has 0 radical (unpaired) electrons. The number of hydrogen-bond donors (Lipinski definition) is 2. The largest absolute Gasteiger partial charge is 0.451 e. The number of nitrogens with zero attached hydrogens (tertiary/aromatic N) is 1. The van der Waals surface area contributed by atoms with Gasteiger partial charge in [-0.15, -0.1) is 0 Å². The van der Waals surface area contributed by atoms with E-state index in [1.54, 1.807) is 30.3 Å². The second kappa shape index (κ2) is 7.38. The number of furan rings is 1. The van der Waals surface area contributed by atoms with Crippen molar-refractivity contribution >= 4 is 28.9 Å². The van der Waals surface area contributed by atoms with Crippen molar-refractivity contribution < 1.29 is 19.2 Å². The van der Waals surface area contributed by atoms with Gasteiger partial charge in [-0.2, -0.15) is 0 Å². The number of nitro benzene ring substituents is 1. The lowest BCUT2D eigenvalue weighted by Crippen LogP contribution is -2.10. The van der Waals surface area contributed by atoms with Crippen LogP contribution in [0.15, 0.2) is 59.0 Å². The minimum atomic E-state index is -0.544. The van der Waals surface area contributed by atoms with Gasteiger partial charge in [0, 0.05) is 23.4 Å². The van der Waals surface area contributed by atoms with Crippen molar-refractivity contribution in [3.8, 4) is 11.3 Å². The molecule has 2 N–H and O–H groups in total. The predicted octanol–water partition coefficient (Wildman–Crippen LogP) is 4.25. The quantitative estimate of drug-likeness (QED) is 0.514. The number of benzene rings is 2. The Bertz CT molecular complexity index is 983. The van der Waals surface area contributed by atoms with Crippen LogP contribution in [0.2, 0.25) is 5.02 Å². The minimum Gasteiger partial charge on any atom is -0.451 e. The van der Waals surface area contributed by atoms with Crippen LogP contribution in [-0.2, 0) is 6.61 Å². The molecule has 2 aromatic carbocycles. The first-order valence-electron chi connectivity index (χ1n) is 7.53. The standard InChI is InChI=1S/C18H13ClN2O5/c19-15-9-13(21(24)25)4-5-14(15)16-6-7-17(26-16)18(23)20-12-3-1-2-11(8-12)10-22/h1-9,22H,10H2,(H,20,23). The molecule has 132 valence electrons. The highest BCUT2D eigenvalue weighted by Gasteiger charge is 2.16. The Kier molecular flexibility index (Phi) is 5.01. The Morgan fingerprint density at radius 2 is 2.00 bits per heavy atom. The zero-order valence-corrected chi connectivity index (χ0v) is 14.1. The van der Waals surface area contributed by atoms with Crippen molar-refractivity contribution in [2.75, 3.05) is 5.32 Å². The molecule has 0 spiro atoms. The number of non-ortho nitro benzene ring substituents is 1. The second-order valence-electron chi connectivity index (χ2n) is 5.40. The minimum absolute atomic E-state index is 0.0591. The molecule has 3 rings (SSSR count). The number of hydrogen-bond acceptors (Lipinski definition) is 5. The van der Waals surface area contributed by atoms with E-state index in [-0.39, 0.29) is 23.1 Å². The molecule has 0 aliphatic rings. The third-order valence-electron chi connectivity index (χ3n) is 3.63. The highest BCUT2D eigenvalue weighted by molar-refractivity contribution is 6.33. The number of aliphatic hydroxyl groups excluding tert-OH is 1. The average molecular weight is 373 g/mol. The molecule has 1 aromatic heterocycles. The number of nitro groups is 1. The van der Waals surface area contributed by atoms with E-state index >= 15 is 0 Å². The molecule has 0 saturated heterocycles. The summed E-state index contributed by atoms with van der Waals surface area (Å²) in [5.74, 6) is -0.0904. The van der Waals surface area contributed by atoms with Crippen LogP contribution < -0.4 is 5.32 Å². The molecular weight excluding hydrogens is 360 g/mol. The fourth-order valence-electron chi connectivity index (χ4n) is 2.36. The number of nitrogens with one attached hydrogen (secondary N) is 1. The fourth-order valence-corrected chi connectivity index (χ4v) is 2.63. The summed E-state index contributed by atoms with van der Waals surface area (Å²) in [7, 11) is 0. The highest BCUT2D eigenvalue weighted by atomic mass is 35.5. The molecule has 0 aliphatic heterocycles. The monoisotopic (exact) mass is 372 g/mol. The molecule has 0 saturated carbocycles. The van der Waals surface area contributed by atoms with Crippen LogP contribution in [0, 0.1) is 10.1 Å². The van der Waals surface area contributed by atoms with Crippen molar-refractivity contribution in [1.29, 1.82) is 0 Å². The van der Waals surface area contributed by atoms with Gasteiger partial charge in [0.2, 0.25) is 0 Å². The lowest BCUT2D eigenvalue weighted by molar-refractivity contribution is -0.384. The lowest BCUT2D eigenvalue weighted by atomic mass is 10.1. The van der Waals surface area contributed by atoms with Crippen molar-refractivity contribution in [1.82, 2.24) is 0 Å². The third-order valence-corrected chi connectivity index (χ3v) is 3.94. The third kappa shape index (κ3) is 3.74. The van der Waals surface area contributed by atoms with Crippen LogP contribution in [0.5, 0.6) is 0 Å². The average Bonchev–Trinajstić information content (AvgIpc) is 3.11. The van der Waals surface area contributed by atoms with E-state index in [0.717, 1.165) is 0 Å². The molecule has 26 heavy (non-hydrogen) atoms. The number of halogens is 1. The van der Waals surface area contributed by atoms with Gasteiger partial charge >= 0.3 is 0 Å². The van der Waals surface area contributed by atoms with E-state index in [4.69, 9.17) is 21.1 Å². The van der Waals surface area contributed by atoms with E-state index in [1.165, 1.54) is 24.3 Å². The molecule has 7 nitrogen and oxygen atoms in total. The van der Waals surface area contributed by atoms with E-state index in [9.17, 15) is 14.9 Å². The SMILES string of the molecule is O=C(Nc1cccc(CO)c1)c1ccc(-c2ccc([N+](=O)[O-])cc2Cl)o1. The molecule has 1 amide bonds. The number of carbonyl (C=O) groups excluding carboxylic acids is 1. The van der Waals surface area contributed by atoms with E-state index in [2.05, 4.69) is 5.32 Å². The molecule has 1 heterocycles. The van der Waals surface area contributed by atoms with Crippen LogP contribution in [0.3, 0.4) is 0 Å². The Labute approximate surface area is 153 Å². The summed E-state index contributed by atoms with van der Waals surface area (Å²) < 4.78 is 5.53. The smallest absolute Gasteiger partial charge is 0.291 e. The van der Waals surface area contributed by atoms with Gasteiger partial charge in [0.15, 0.2) is 5.76 Å². The Balaban J connectivity index is 1.81. The Morgan fingerprint density at radius 1 is 1.19 bits per heavy atom. The molecular formula is C18H13ClN2O5. The van der Waals surface area contributed by atoms with Crippen LogP contribution in [0.1, 0.15) is 16.1 Å². The van der Waals surface area contributed by atoms with Gasteiger partial charge in [-0.3, -0.25) is 14.9 Å². The number of rotatable bonds is 5. The lowest BCUT2D eigenvalue weighted by Gasteiger charge is -2.05. The number of aliphatic hydroxyl groups is 1. The summed E-state index contributed by atoms with van der Waals surface area (Å²) in [5, 5.41) is 22.7. The first kappa shape index (κ1) is 17.7. The van der Waals surface area contributed by atoms with Gasteiger partial charge in [-0.05, 0) is 35.9 Å². The van der Waals surface area contributed by atoms with Crippen molar-refractivity contribution in [3.05, 3.63) is 81.1 Å². The van der Waals surface area contributed by atoms with Crippen LogP contribution in [0.25, 0.3) is 11.3 Å². The van der Waals surface area contributed by atoms with Gasteiger partial charge in [-0.1, -0.05) is 23.7 Å². The van der Waals surface area contributed by atoms with Crippen LogP contribution in [-0.4, -0.2) is 15.9 Å². The van der Waals surface area contributed by atoms with Crippen LogP contribution in [0.4, 0.5) is 11.4 Å². The highest BCUT2D eigenvalue weighted by Crippen LogP contribution is 2.32. The first-order chi connectivity index (χ1) is 12.5. The zero-order chi connectivity index (χ0) is 18.7. The van der Waals surface area contributed by atoms with Gasteiger partial charge in [0.1, 0.15) is 5.76 Å². The zero-order valence-electron chi connectivity index (χ0n) is 13.3. The maximum atomic E-state index is 12.3. The molecule has 0 fully saturated rings. The summed E-state index contributed by atoms with van der Waals surface area (Å²) in [4.78, 5) is 22.5. The van der Waals surface area contributed by atoms with Crippen molar-refractivity contribution in [2.24, 2.45) is 0 Å². The molecule has 0 bridgehead atoms.